The molecule has 0 fully saturated rings. The number of allylic oxidation sites excluding steroid dienone is 2. The molecule has 0 spiro atoms. The normalized spacial score (nSPS) is 15.6. The Morgan fingerprint density at radius 1 is 1.06 bits per heavy atom. The summed E-state index contributed by atoms with van der Waals surface area (Å²) >= 11 is 0. The average molecular weight is 440 g/mol. The van der Waals surface area contributed by atoms with Gasteiger partial charge < -0.3 is 14.2 Å². The molecule has 33 heavy (non-hydrogen) atoms. The Morgan fingerprint density at radius 3 is 2.39 bits per heavy atom. The minimum absolute atomic E-state index is 0.227. The number of benzene rings is 2. The fourth-order valence-corrected chi connectivity index (χ4v) is 3.80. The molecule has 6 heteroatoms. The van der Waals surface area contributed by atoms with Gasteiger partial charge in [0.25, 0.3) is 0 Å². The quantitative estimate of drug-likeness (QED) is 0.459. The van der Waals surface area contributed by atoms with Crippen molar-refractivity contribution < 1.29 is 19.0 Å². The van der Waals surface area contributed by atoms with Crippen LogP contribution >= 0.6 is 0 Å². The fourth-order valence-electron chi connectivity index (χ4n) is 3.80. The van der Waals surface area contributed by atoms with E-state index in [2.05, 4.69) is 6.07 Å². The molecule has 166 valence electrons. The summed E-state index contributed by atoms with van der Waals surface area (Å²) < 4.78 is 18.9. The second-order valence-electron chi connectivity index (χ2n) is 7.49. The second-order valence-corrected chi connectivity index (χ2v) is 7.49. The van der Waals surface area contributed by atoms with Crippen LogP contribution in [0.15, 0.2) is 96.0 Å². The van der Waals surface area contributed by atoms with Crippen molar-refractivity contribution in [2.24, 2.45) is 0 Å². The standard InChI is InChI=1S/C27H24N2O4/c1-3-31-27(30)24-19(2)33-26(29-15-7-8-16-29)23(17-28)25(24)21-11-13-22(14-12-21)32-18-20-9-5-4-6-10-20/h4-16,25H,3,18H2,1-2H3. The molecule has 0 saturated heterocycles. The Balaban J connectivity index is 1.69. The lowest BCUT2D eigenvalue weighted by Gasteiger charge is -2.28. The highest BCUT2D eigenvalue weighted by atomic mass is 16.5. The number of carbonyl (C=O) groups is 1. The van der Waals surface area contributed by atoms with Crippen LogP contribution in [-0.2, 0) is 20.9 Å². The van der Waals surface area contributed by atoms with Crippen molar-refractivity contribution in [1.82, 2.24) is 4.57 Å². The Morgan fingerprint density at radius 2 is 1.76 bits per heavy atom. The topological polar surface area (TPSA) is 73.5 Å². The van der Waals surface area contributed by atoms with Crippen molar-refractivity contribution in [3.63, 3.8) is 0 Å². The third-order valence-corrected chi connectivity index (χ3v) is 5.35. The lowest BCUT2D eigenvalue weighted by molar-refractivity contribution is -0.139. The molecular weight excluding hydrogens is 416 g/mol. The molecule has 0 radical (unpaired) electrons. The van der Waals surface area contributed by atoms with Gasteiger partial charge in [0.05, 0.1) is 18.1 Å². The van der Waals surface area contributed by atoms with Gasteiger partial charge >= 0.3 is 5.97 Å². The molecular formula is C27H24N2O4. The first-order chi connectivity index (χ1) is 16.1. The summed E-state index contributed by atoms with van der Waals surface area (Å²) in [7, 11) is 0. The van der Waals surface area contributed by atoms with Crippen LogP contribution < -0.4 is 4.74 Å². The molecule has 4 rings (SSSR count). The van der Waals surface area contributed by atoms with Gasteiger partial charge in [-0.25, -0.2) is 4.79 Å². The van der Waals surface area contributed by atoms with Crippen LogP contribution in [-0.4, -0.2) is 17.1 Å². The number of rotatable bonds is 7. The summed E-state index contributed by atoms with van der Waals surface area (Å²) in [5, 5.41) is 10.1. The first kappa shape index (κ1) is 22.0. The zero-order chi connectivity index (χ0) is 23.2. The van der Waals surface area contributed by atoms with E-state index >= 15 is 0 Å². The largest absolute Gasteiger partial charge is 0.489 e. The zero-order valence-electron chi connectivity index (χ0n) is 18.5. The molecule has 0 bridgehead atoms. The molecule has 6 nitrogen and oxygen atoms in total. The van der Waals surface area contributed by atoms with Crippen molar-refractivity contribution in [2.75, 3.05) is 6.61 Å². The number of hydrogen-bond acceptors (Lipinski definition) is 5. The van der Waals surface area contributed by atoms with Crippen LogP contribution in [0.4, 0.5) is 0 Å². The first-order valence-electron chi connectivity index (χ1n) is 10.7. The summed E-state index contributed by atoms with van der Waals surface area (Å²) in [4.78, 5) is 12.8. The molecule has 2 heterocycles. The maximum absolute atomic E-state index is 12.8. The summed E-state index contributed by atoms with van der Waals surface area (Å²) in [6, 6.07) is 23.3. The first-order valence-corrected chi connectivity index (χ1v) is 10.7. The molecule has 1 aliphatic heterocycles. The van der Waals surface area contributed by atoms with Crippen LogP contribution in [0.3, 0.4) is 0 Å². The van der Waals surface area contributed by atoms with Crippen molar-refractivity contribution in [3.05, 3.63) is 107 Å². The van der Waals surface area contributed by atoms with Crippen LogP contribution in [0.2, 0.25) is 0 Å². The summed E-state index contributed by atoms with van der Waals surface area (Å²) in [5.41, 5.74) is 2.49. The Labute approximate surface area is 192 Å². The highest BCUT2D eigenvalue weighted by Gasteiger charge is 2.37. The van der Waals surface area contributed by atoms with E-state index in [4.69, 9.17) is 14.2 Å². The Hall–Kier alpha value is -4.24. The summed E-state index contributed by atoms with van der Waals surface area (Å²) in [5.74, 6) is 0.362. The Bertz CT molecular complexity index is 1220. The maximum Gasteiger partial charge on any atom is 0.338 e. The van der Waals surface area contributed by atoms with Crippen molar-refractivity contribution in [3.8, 4) is 11.8 Å². The van der Waals surface area contributed by atoms with E-state index < -0.39 is 11.9 Å². The summed E-state index contributed by atoms with van der Waals surface area (Å²) in [6.45, 7) is 4.14. The minimum atomic E-state index is -0.622. The highest BCUT2D eigenvalue weighted by Crippen LogP contribution is 2.42. The predicted octanol–water partition coefficient (Wildman–Crippen LogP) is 5.41. The smallest absolute Gasteiger partial charge is 0.338 e. The molecule has 0 saturated carbocycles. The summed E-state index contributed by atoms with van der Waals surface area (Å²) in [6.07, 6.45) is 3.60. The third-order valence-electron chi connectivity index (χ3n) is 5.35. The second kappa shape index (κ2) is 9.92. The lowest BCUT2D eigenvalue weighted by atomic mass is 9.83. The van der Waals surface area contributed by atoms with E-state index in [-0.39, 0.29) is 6.61 Å². The fraction of sp³-hybridized carbons (Fsp3) is 0.185. The number of carbonyl (C=O) groups excluding carboxylic acids is 1. The molecule has 2 aromatic carbocycles. The molecule has 3 aromatic rings. The number of nitriles is 1. The number of nitrogens with zero attached hydrogens (tertiary/aromatic N) is 2. The highest BCUT2D eigenvalue weighted by molar-refractivity contribution is 5.93. The molecule has 1 aliphatic rings. The predicted molar refractivity (Wildman–Crippen MR) is 124 cm³/mol. The molecule has 1 atom stereocenters. The zero-order valence-corrected chi connectivity index (χ0v) is 18.5. The van der Waals surface area contributed by atoms with Gasteiger partial charge in [0.2, 0.25) is 5.88 Å². The number of hydrogen-bond donors (Lipinski definition) is 0. The molecule has 0 N–H and O–H groups in total. The third kappa shape index (κ3) is 4.68. The number of ether oxygens (including phenoxy) is 3. The van der Waals surface area contributed by atoms with E-state index in [0.29, 0.717) is 35.1 Å². The van der Waals surface area contributed by atoms with Crippen molar-refractivity contribution in [2.45, 2.75) is 26.4 Å². The minimum Gasteiger partial charge on any atom is -0.489 e. The van der Waals surface area contributed by atoms with E-state index in [1.54, 1.807) is 30.8 Å². The molecule has 0 aliphatic carbocycles. The van der Waals surface area contributed by atoms with Gasteiger partial charge in [0.1, 0.15) is 29.8 Å². The van der Waals surface area contributed by atoms with Gasteiger partial charge in [-0.1, -0.05) is 42.5 Å². The molecule has 1 unspecified atom stereocenters. The van der Waals surface area contributed by atoms with Crippen molar-refractivity contribution >= 4 is 11.9 Å². The van der Waals surface area contributed by atoms with E-state index in [9.17, 15) is 10.1 Å². The van der Waals surface area contributed by atoms with E-state index in [1.807, 2.05) is 66.7 Å². The lowest BCUT2D eigenvalue weighted by Crippen LogP contribution is -2.24. The van der Waals surface area contributed by atoms with Gasteiger partial charge in [-0.05, 0) is 49.2 Å². The number of esters is 1. The van der Waals surface area contributed by atoms with Gasteiger partial charge in [-0.3, -0.25) is 4.57 Å². The Kier molecular flexibility index (Phi) is 6.61. The van der Waals surface area contributed by atoms with Crippen LogP contribution in [0, 0.1) is 11.3 Å². The van der Waals surface area contributed by atoms with Gasteiger partial charge in [0.15, 0.2) is 0 Å². The van der Waals surface area contributed by atoms with Crippen molar-refractivity contribution in [1.29, 1.82) is 5.26 Å². The van der Waals surface area contributed by atoms with E-state index in [0.717, 1.165) is 11.1 Å². The SMILES string of the molecule is CCOC(=O)C1=C(C)OC(n2cccc2)=C(C#N)C1c1ccc(OCc2ccccc2)cc1. The molecule has 1 aromatic heterocycles. The van der Waals surface area contributed by atoms with Gasteiger partial charge in [-0.15, -0.1) is 0 Å². The van der Waals surface area contributed by atoms with Crippen LogP contribution in [0.5, 0.6) is 5.75 Å². The average Bonchev–Trinajstić information content (AvgIpc) is 3.38. The van der Waals surface area contributed by atoms with Gasteiger partial charge in [0, 0.05) is 12.4 Å². The van der Waals surface area contributed by atoms with Crippen LogP contribution in [0.1, 0.15) is 30.9 Å². The maximum atomic E-state index is 12.8. The van der Waals surface area contributed by atoms with Gasteiger partial charge in [-0.2, -0.15) is 5.26 Å². The monoisotopic (exact) mass is 440 g/mol. The molecule has 0 amide bonds. The van der Waals surface area contributed by atoms with E-state index in [1.165, 1.54) is 0 Å². The number of aromatic nitrogens is 1. The van der Waals surface area contributed by atoms with Crippen LogP contribution in [0.25, 0.3) is 5.88 Å².